The molecule has 0 rings (SSSR count). The van der Waals surface area contributed by atoms with Gasteiger partial charge in [0.2, 0.25) is 6.17 Å². The van der Waals surface area contributed by atoms with Gasteiger partial charge in [0.1, 0.15) is 0 Å². The van der Waals surface area contributed by atoms with Crippen LogP contribution >= 0.6 is 0 Å². The second kappa shape index (κ2) is 5.34. The first-order valence-corrected chi connectivity index (χ1v) is 4.12. The van der Waals surface area contributed by atoms with E-state index in [1.807, 2.05) is 0 Å². The van der Waals surface area contributed by atoms with Crippen molar-refractivity contribution in [1.29, 1.82) is 0 Å². The van der Waals surface area contributed by atoms with E-state index in [0.29, 0.717) is 6.92 Å². The molecule has 0 heterocycles. The molecule has 0 aromatic carbocycles. The smallest absolute Gasteiger partial charge is 0.367 e. The van der Waals surface area contributed by atoms with Gasteiger partial charge in [-0.15, -0.1) is 0 Å². The first kappa shape index (κ1) is 16.4. The van der Waals surface area contributed by atoms with Gasteiger partial charge in [0.15, 0.2) is 6.29 Å². The van der Waals surface area contributed by atoms with E-state index in [4.69, 9.17) is 5.11 Å². The van der Waals surface area contributed by atoms with E-state index in [-0.39, 0.29) is 0 Å². The third-order valence-electron chi connectivity index (χ3n) is 1.74. The summed E-state index contributed by atoms with van der Waals surface area (Å²) >= 11 is 0. The Balaban J connectivity index is 4.47. The molecule has 17 heavy (non-hydrogen) atoms. The van der Waals surface area contributed by atoms with Crippen LogP contribution in [-0.2, 0) is 4.74 Å². The summed E-state index contributed by atoms with van der Waals surface area (Å²) in [6.45, 7) is 0.436. The van der Waals surface area contributed by atoms with Crippen LogP contribution in [0.1, 0.15) is 6.92 Å². The lowest BCUT2D eigenvalue weighted by atomic mass is 10.1. The Morgan fingerprint density at radius 1 is 0.941 bits per heavy atom. The van der Waals surface area contributed by atoms with Crippen LogP contribution in [-0.4, -0.2) is 36.3 Å². The normalized spacial score (nSPS) is 20.8. The molecular formula is C7H8F8O2. The standard InChI is InChI=1S/C7H8F8O2/c1-2(3(8)6(10,11)12)4(16)17-5(9)7(13,14)15/h2-5,16H,1H3. The number of aliphatic hydroxyl groups is 1. The predicted molar refractivity (Wildman–Crippen MR) is 38.2 cm³/mol. The third kappa shape index (κ3) is 5.02. The quantitative estimate of drug-likeness (QED) is 0.632. The highest BCUT2D eigenvalue weighted by Crippen LogP contribution is 2.32. The zero-order chi connectivity index (χ0) is 14.0. The summed E-state index contributed by atoms with van der Waals surface area (Å²) in [4.78, 5) is 0. The molecule has 1 N–H and O–H groups in total. The molecule has 0 saturated carbocycles. The first-order valence-electron chi connectivity index (χ1n) is 4.12. The first-order chi connectivity index (χ1) is 7.37. The van der Waals surface area contributed by atoms with Crippen molar-refractivity contribution >= 4 is 0 Å². The Kier molecular flexibility index (Phi) is 5.14. The number of hydrogen-bond acceptors (Lipinski definition) is 2. The summed E-state index contributed by atoms with van der Waals surface area (Å²) in [6.07, 6.45) is -21.4. The fraction of sp³-hybridized carbons (Fsp3) is 1.00. The van der Waals surface area contributed by atoms with Gasteiger partial charge >= 0.3 is 12.4 Å². The molecule has 0 radical (unpaired) electrons. The molecule has 0 saturated heterocycles. The van der Waals surface area contributed by atoms with Crippen LogP contribution in [0.25, 0.3) is 0 Å². The van der Waals surface area contributed by atoms with E-state index >= 15 is 0 Å². The fourth-order valence-corrected chi connectivity index (χ4v) is 0.766. The van der Waals surface area contributed by atoms with Gasteiger partial charge in [0, 0.05) is 5.92 Å². The minimum Gasteiger partial charge on any atom is -0.367 e. The molecule has 0 fully saturated rings. The topological polar surface area (TPSA) is 29.5 Å². The molecule has 0 bridgehead atoms. The Hall–Kier alpha value is -0.640. The maximum absolute atomic E-state index is 12.5. The number of halogens is 8. The third-order valence-corrected chi connectivity index (χ3v) is 1.74. The summed E-state index contributed by atoms with van der Waals surface area (Å²) in [7, 11) is 0. The van der Waals surface area contributed by atoms with E-state index in [9.17, 15) is 35.1 Å². The van der Waals surface area contributed by atoms with Crippen molar-refractivity contribution in [2.45, 2.75) is 38.1 Å². The Morgan fingerprint density at radius 2 is 1.35 bits per heavy atom. The number of hydrogen-bond donors (Lipinski definition) is 1. The second-order valence-corrected chi connectivity index (χ2v) is 3.19. The maximum atomic E-state index is 12.5. The van der Waals surface area contributed by atoms with Crippen LogP contribution in [0, 0.1) is 5.92 Å². The number of aliphatic hydroxyl groups excluding tert-OH is 1. The lowest BCUT2D eigenvalue weighted by Crippen LogP contribution is -2.41. The van der Waals surface area contributed by atoms with Gasteiger partial charge in [-0.2, -0.15) is 26.3 Å². The highest BCUT2D eigenvalue weighted by molar-refractivity contribution is 4.75. The zero-order valence-electron chi connectivity index (χ0n) is 8.19. The van der Waals surface area contributed by atoms with Gasteiger partial charge < -0.3 is 9.84 Å². The number of alkyl halides is 8. The van der Waals surface area contributed by atoms with E-state index in [2.05, 4.69) is 4.74 Å². The summed E-state index contributed by atoms with van der Waals surface area (Å²) in [5.41, 5.74) is 0. The molecule has 2 nitrogen and oxygen atoms in total. The molecule has 0 aliphatic carbocycles. The molecule has 0 aliphatic heterocycles. The predicted octanol–water partition coefficient (Wildman–Crippen LogP) is 2.72. The van der Waals surface area contributed by atoms with Gasteiger partial charge in [-0.25, -0.2) is 8.78 Å². The lowest BCUT2D eigenvalue weighted by Gasteiger charge is -2.25. The molecule has 0 aliphatic rings. The van der Waals surface area contributed by atoms with Gasteiger partial charge in [-0.05, 0) is 0 Å². The monoisotopic (exact) mass is 276 g/mol. The van der Waals surface area contributed by atoms with Crippen molar-refractivity contribution in [3.8, 4) is 0 Å². The maximum Gasteiger partial charge on any atom is 0.445 e. The van der Waals surface area contributed by atoms with Crippen LogP contribution in [0.15, 0.2) is 0 Å². The highest BCUT2D eigenvalue weighted by atomic mass is 19.4. The zero-order valence-corrected chi connectivity index (χ0v) is 8.19. The second-order valence-electron chi connectivity index (χ2n) is 3.19. The van der Waals surface area contributed by atoms with E-state index < -0.39 is 37.1 Å². The molecule has 104 valence electrons. The summed E-state index contributed by atoms with van der Waals surface area (Å²) in [5.74, 6) is -2.39. The molecular weight excluding hydrogens is 268 g/mol. The van der Waals surface area contributed by atoms with Crippen LogP contribution in [0.4, 0.5) is 35.1 Å². The number of rotatable bonds is 4. The van der Waals surface area contributed by atoms with Crippen molar-refractivity contribution in [1.82, 2.24) is 0 Å². The average molecular weight is 276 g/mol. The molecule has 0 aromatic rings. The summed E-state index contributed by atoms with van der Waals surface area (Å²) in [6, 6.07) is 0. The van der Waals surface area contributed by atoms with Crippen LogP contribution in [0.2, 0.25) is 0 Å². The van der Waals surface area contributed by atoms with Crippen molar-refractivity contribution in [2.24, 2.45) is 5.92 Å². The van der Waals surface area contributed by atoms with E-state index in [0.717, 1.165) is 0 Å². The number of ether oxygens (including phenoxy) is 1. The Morgan fingerprint density at radius 3 is 1.65 bits per heavy atom. The molecule has 0 spiro atoms. The van der Waals surface area contributed by atoms with Crippen molar-refractivity contribution in [2.75, 3.05) is 0 Å². The van der Waals surface area contributed by atoms with Gasteiger partial charge in [0.05, 0.1) is 0 Å². The Labute approximate surface area is 90.2 Å². The van der Waals surface area contributed by atoms with Crippen molar-refractivity contribution < 1.29 is 45.0 Å². The molecule has 10 heteroatoms. The summed E-state index contributed by atoms with van der Waals surface area (Å²) < 4.78 is 98.0. The molecule has 0 amide bonds. The van der Waals surface area contributed by atoms with E-state index in [1.54, 1.807) is 0 Å². The van der Waals surface area contributed by atoms with Gasteiger partial charge in [-0.1, -0.05) is 6.92 Å². The highest BCUT2D eigenvalue weighted by Gasteiger charge is 2.49. The van der Waals surface area contributed by atoms with Crippen molar-refractivity contribution in [3.63, 3.8) is 0 Å². The van der Waals surface area contributed by atoms with Gasteiger partial charge in [-0.3, -0.25) is 0 Å². The summed E-state index contributed by atoms with van der Waals surface area (Å²) in [5, 5.41) is 8.68. The molecule has 0 aromatic heterocycles. The largest absolute Gasteiger partial charge is 0.445 e. The van der Waals surface area contributed by atoms with Crippen LogP contribution in [0.3, 0.4) is 0 Å². The molecule has 4 atom stereocenters. The minimum absolute atomic E-state index is 0.436. The van der Waals surface area contributed by atoms with Gasteiger partial charge in [0.25, 0.3) is 6.36 Å². The minimum atomic E-state index is -5.51. The lowest BCUT2D eigenvalue weighted by molar-refractivity contribution is -0.320. The van der Waals surface area contributed by atoms with Crippen molar-refractivity contribution in [3.05, 3.63) is 0 Å². The van der Waals surface area contributed by atoms with Crippen LogP contribution in [0.5, 0.6) is 0 Å². The average Bonchev–Trinajstić information content (AvgIpc) is 2.12. The SMILES string of the molecule is CC(C(O)OC(F)C(F)(F)F)C(F)C(F)(F)F. The molecule has 4 unspecified atom stereocenters. The Bertz CT molecular complexity index is 237. The van der Waals surface area contributed by atoms with E-state index in [1.165, 1.54) is 0 Å². The fourth-order valence-electron chi connectivity index (χ4n) is 0.766. The van der Waals surface area contributed by atoms with Crippen LogP contribution < -0.4 is 0 Å².